The van der Waals surface area contributed by atoms with E-state index in [1.54, 1.807) is 22.1 Å². The third-order valence-corrected chi connectivity index (χ3v) is 6.35. The van der Waals surface area contributed by atoms with Crippen molar-refractivity contribution < 1.29 is 9.59 Å². The Bertz CT molecular complexity index is 1120. The van der Waals surface area contributed by atoms with Crippen LogP contribution in [0.3, 0.4) is 0 Å². The van der Waals surface area contributed by atoms with Gasteiger partial charge in [0.15, 0.2) is 0 Å². The maximum atomic E-state index is 13.0. The number of carbonyl (C=O) groups is 2. The summed E-state index contributed by atoms with van der Waals surface area (Å²) in [5.41, 5.74) is 3.92. The molecule has 3 heterocycles. The number of carbonyl (C=O) groups excluding carboxylic acids is 2. The average molecular weight is 462 g/mol. The lowest BCUT2D eigenvalue weighted by Gasteiger charge is -2.29. The maximum Gasteiger partial charge on any atom is 0.317 e. The minimum atomic E-state index is -0.336. The molecule has 3 amide bonds. The maximum absolute atomic E-state index is 13.0. The number of allylic oxidation sites excluding steroid dienone is 2. The van der Waals surface area contributed by atoms with Gasteiger partial charge in [-0.25, -0.2) is 4.79 Å². The first kappa shape index (κ1) is 23.4. The second-order valence-electron chi connectivity index (χ2n) is 8.74. The van der Waals surface area contributed by atoms with Gasteiger partial charge in [0.25, 0.3) is 5.91 Å². The predicted molar refractivity (Wildman–Crippen MR) is 131 cm³/mol. The zero-order valence-electron chi connectivity index (χ0n) is 19.6. The van der Waals surface area contributed by atoms with Gasteiger partial charge in [0.1, 0.15) is 17.4 Å². The number of nitrogens with one attached hydrogen (secondary N) is 4. The molecule has 0 aromatic carbocycles. The minimum absolute atomic E-state index is 0.0988. The van der Waals surface area contributed by atoms with Crippen LogP contribution in [-0.4, -0.2) is 64.1 Å². The molecule has 1 aromatic rings. The molecule has 3 aliphatic rings. The Morgan fingerprint density at radius 1 is 1.24 bits per heavy atom. The first-order chi connectivity index (χ1) is 16.4. The quantitative estimate of drug-likeness (QED) is 0.406. The van der Waals surface area contributed by atoms with Gasteiger partial charge in [-0.3, -0.25) is 20.6 Å². The lowest BCUT2D eigenvalue weighted by molar-refractivity contribution is 0.0943. The van der Waals surface area contributed by atoms with Crippen molar-refractivity contribution in [3.63, 3.8) is 0 Å². The van der Waals surface area contributed by atoms with Crippen molar-refractivity contribution in [3.05, 3.63) is 64.5 Å². The molecule has 34 heavy (non-hydrogen) atoms. The summed E-state index contributed by atoms with van der Waals surface area (Å²) >= 11 is 0. The van der Waals surface area contributed by atoms with Crippen molar-refractivity contribution in [2.45, 2.75) is 45.7 Å². The summed E-state index contributed by atoms with van der Waals surface area (Å²) < 4.78 is 0. The van der Waals surface area contributed by atoms with Gasteiger partial charge in [0.05, 0.1) is 6.04 Å². The molecule has 4 rings (SSSR count). The van der Waals surface area contributed by atoms with Crippen LogP contribution in [0.4, 0.5) is 4.79 Å². The van der Waals surface area contributed by atoms with Crippen LogP contribution in [0.25, 0.3) is 0 Å². The van der Waals surface area contributed by atoms with Gasteiger partial charge < -0.3 is 20.4 Å². The van der Waals surface area contributed by atoms with E-state index in [0.717, 1.165) is 28.7 Å². The Balaban J connectivity index is 1.44. The van der Waals surface area contributed by atoms with Gasteiger partial charge in [-0.2, -0.15) is 0 Å². The number of hydrogen-bond acceptors (Lipinski definition) is 5. The molecule has 0 bridgehead atoms. The molecule has 2 aliphatic heterocycles. The Morgan fingerprint density at radius 2 is 2.06 bits per heavy atom. The van der Waals surface area contributed by atoms with Crippen molar-refractivity contribution in [3.8, 4) is 0 Å². The van der Waals surface area contributed by atoms with E-state index in [9.17, 15) is 9.59 Å². The summed E-state index contributed by atoms with van der Waals surface area (Å²) in [5, 5.41) is 22.4. The van der Waals surface area contributed by atoms with Crippen molar-refractivity contribution >= 4 is 23.6 Å². The van der Waals surface area contributed by atoms with E-state index in [0.29, 0.717) is 56.4 Å². The Kier molecular flexibility index (Phi) is 6.90. The first-order valence-corrected chi connectivity index (χ1v) is 11.7. The standard InChI is InChI=1S/C25H31N7O2/c1-3-28-25(34)31-11-9-18-14-29-21(13-19(18)15-31)24(33)30-20-7-4-6-17(12-16(20)2)23(27)32-10-5-8-22(32)26/h4,6-7,12-14,20,26-27H,3,5,8-11,15H2,1-2H3,(H,28,34)(H,30,33). The number of aromatic nitrogens is 1. The molecule has 1 aromatic heterocycles. The lowest BCUT2D eigenvalue weighted by atomic mass is 10.0. The summed E-state index contributed by atoms with van der Waals surface area (Å²) in [7, 11) is 0. The number of amidine groups is 2. The van der Waals surface area contributed by atoms with Gasteiger partial charge in [-0.1, -0.05) is 18.2 Å². The molecular formula is C25H31N7O2. The van der Waals surface area contributed by atoms with Crippen LogP contribution in [0.5, 0.6) is 0 Å². The zero-order chi connectivity index (χ0) is 24.2. The second kappa shape index (κ2) is 10.0. The summed E-state index contributed by atoms with van der Waals surface area (Å²) in [6, 6.07) is 1.34. The number of rotatable bonds is 4. The third kappa shape index (κ3) is 4.93. The van der Waals surface area contributed by atoms with Crippen molar-refractivity contribution in [2.24, 2.45) is 0 Å². The molecular weight excluding hydrogens is 430 g/mol. The van der Waals surface area contributed by atoms with Crippen LogP contribution in [0, 0.1) is 10.8 Å². The summed E-state index contributed by atoms with van der Waals surface area (Å²) in [4.78, 5) is 33.1. The molecule has 1 saturated heterocycles. The highest BCUT2D eigenvalue weighted by molar-refractivity contribution is 6.09. The smallest absolute Gasteiger partial charge is 0.317 e. The van der Waals surface area contributed by atoms with E-state index in [2.05, 4.69) is 15.6 Å². The summed E-state index contributed by atoms with van der Waals surface area (Å²) in [5.74, 6) is 0.492. The highest BCUT2D eigenvalue weighted by atomic mass is 16.2. The number of fused-ring (bicyclic) bond motifs is 1. The zero-order valence-corrected chi connectivity index (χ0v) is 19.6. The fraction of sp³-hybridized carbons (Fsp3) is 0.400. The lowest BCUT2D eigenvalue weighted by Crippen LogP contribution is -2.42. The highest BCUT2D eigenvalue weighted by Gasteiger charge is 2.25. The van der Waals surface area contributed by atoms with Crippen molar-refractivity contribution in [1.29, 1.82) is 10.8 Å². The molecule has 1 aliphatic carbocycles. The van der Waals surface area contributed by atoms with Crippen molar-refractivity contribution in [2.75, 3.05) is 19.6 Å². The fourth-order valence-electron chi connectivity index (χ4n) is 4.41. The van der Waals surface area contributed by atoms with E-state index in [-0.39, 0.29) is 18.0 Å². The molecule has 9 heteroatoms. The van der Waals surface area contributed by atoms with Crippen LogP contribution in [0.2, 0.25) is 0 Å². The van der Waals surface area contributed by atoms with E-state index in [1.807, 2.05) is 38.2 Å². The topological polar surface area (TPSA) is 125 Å². The van der Waals surface area contributed by atoms with E-state index >= 15 is 0 Å². The molecule has 4 N–H and O–H groups in total. The first-order valence-electron chi connectivity index (χ1n) is 11.7. The fourth-order valence-corrected chi connectivity index (χ4v) is 4.41. The van der Waals surface area contributed by atoms with Crippen LogP contribution in [0.15, 0.2) is 47.7 Å². The molecule has 1 atom stereocenters. The van der Waals surface area contributed by atoms with E-state index < -0.39 is 0 Å². The van der Waals surface area contributed by atoms with Crippen molar-refractivity contribution in [1.82, 2.24) is 25.4 Å². The van der Waals surface area contributed by atoms with Crippen LogP contribution >= 0.6 is 0 Å². The van der Waals surface area contributed by atoms with E-state index in [1.165, 1.54) is 0 Å². The van der Waals surface area contributed by atoms with Crippen LogP contribution in [0.1, 0.15) is 48.3 Å². The summed E-state index contributed by atoms with van der Waals surface area (Å²) in [6.07, 6.45) is 11.5. The largest absolute Gasteiger partial charge is 0.341 e. The molecule has 1 fully saturated rings. The molecule has 0 spiro atoms. The van der Waals surface area contributed by atoms with Gasteiger partial charge in [-0.15, -0.1) is 0 Å². The number of urea groups is 1. The highest BCUT2D eigenvalue weighted by Crippen LogP contribution is 2.21. The van der Waals surface area contributed by atoms with Gasteiger partial charge in [-0.05, 0) is 55.5 Å². The third-order valence-electron chi connectivity index (χ3n) is 6.35. The van der Waals surface area contributed by atoms with Crippen LogP contribution < -0.4 is 10.6 Å². The Labute approximate surface area is 199 Å². The number of nitrogens with zero attached hydrogens (tertiary/aromatic N) is 3. The van der Waals surface area contributed by atoms with Gasteiger partial charge in [0, 0.05) is 44.4 Å². The molecule has 0 radical (unpaired) electrons. The normalized spacial score (nSPS) is 19.7. The van der Waals surface area contributed by atoms with Crippen LogP contribution in [-0.2, 0) is 13.0 Å². The Hall–Kier alpha value is -3.75. The number of likely N-dealkylation sites (tertiary alicyclic amines) is 1. The SMILES string of the molecule is CCNC(=O)N1CCc2cnc(C(=O)NC3C=CC=C(C(=N)N4CCCC4=N)C=C3C)cc2C1. The van der Waals surface area contributed by atoms with Gasteiger partial charge in [0.2, 0.25) is 0 Å². The predicted octanol–water partition coefficient (Wildman–Crippen LogP) is 2.76. The number of amides is 3. The molecule has 1 unspecified atom stereocenters. The van der Waals surface area contributed by atoms with Gasteiger partial charge >= 0.3 is 6.03 Å². The van der Waals surface area contributed by atoms with E-state index in [4.69, 9.17) is 10.8 Å². The monoisotopic (exact) mass is 461 g/mol. The molecule has 0 saturated carbocycles. The Morgan fingerprint density at radius 3 is 2.79 bits per heavy atom. The minimum Gasteiger partial charge on any atom is -0.341 e. The molecule has 178 valence electrons. The number of hydrogen-bond donors (Lipinski definition) is 4. The summed E-state index contributed by atoms with van der Waals surface area (Å²) in [6.45, 7) is 6.15. The second-order valence-corrected chi connectivity index (χ2v) is 8.74. The average Bonchev–Trinajstić information content (AvgIpc) is 3.18. The molecule has 9 nitrogen and oxygen atoms in total. The number of pyridine rings is 1.